The lowest BCUT2D eigenvalue weighted by Crippen LogP contribution is -2.52. The van der Waals surface area contributed by atoms with Crippen LogP contribution in [0.3, 0.4) is 0 Å². The fourth-order valence-corrected chi connectivity index (χ4v) is 3.24. The lowest BCUT2D eigenvalue weighted by atomic mass is 9.91. The predicted molar refractivity (Wildman–Crippen MR) is 85.9 cm³/mol. The summed E-state index contributed by atoms with van der Waals surface area (Å²) in [6, 6.07) is 0. The van der Waals surface area contributed by atoms with Crippen LogP contribution in [-0.4, -0.2) is 39.1 Å². The molecule has 0 atom stereocenters. The van der Waals surface area contributed by atoms with E-state index in [4.69, 9.17) is 11.6 Å². The van der Waals surface area contributed by atoms with Crippen molar-refractivity contribution in [2.75, 3.05) is 13.1 Å². The number of Topliss-reactive ketones (excluding diaryl/α,β-unsaturated/α-hetero) is 1. The van der Waals surface area contributed by atoms with Crippen molar-refractivity contribution in [2.45, 2.75) is 65.5 Å². The third kappa shape index (κ3) is 3.32. The van der Waals surface area contributed by atoms with Crippen molar-refractivity contribution < 1.29 is 4.79 Å². The van der Waals surface area contributed by atoms with Gasteiger partial charge in [-0.05, 0) is 53.6 Å². The molecule has 1 aliphatic rings. The van der Waals surface area contributed by atoms with Gasteiger partial charge in [0, 0.05) is 6.54 Å². The number of carbonyl (C=O) groups excluding carboxylic acids is 1. The average Bonchev–Trinajstić information content (AvgIpc) is 2.75. The van der Waals surface area contributed by atoms with Crippen LogP contribution >= 0.6 is 11.6 Å². The number of halogens is 1. The minimum Gasteiger partial charge on any atom is -0.297 e. The third-order valence-electron chi connectivity index (χ3n) is 4.61. The first-order chi connectivity index (χ1) is 9.87. The molecule has 1 fully saturated rings. The second-order valence-electron chi connectivity index (χ2n) is 6.37. The molecule has 5 heteroatoms. The van der Waals surface area contributed by atoms with Gasteiger partial charge in [0.25, 0.3) is 0 Å². The molecular formula is C16H26ClN3O. The van der Waals surface area contributed by atoms with Crippen molar-refractivity contribution in [2.24, 2.45) is 0 Å². The Bertz CT molecular complexity index is 516. The summed E-state index contributed by atoms with van der Waals surface area (Å²) in [7, 11) is 0. The Kier molecular flexibility index (Phi) is 5.10. The van der Waals surface area contributed by atoms with Gasteiger partial charge in [-0.2, -0.15) is 5.10 Å². The number of likely N-dealkylation sites (tertiary alicyclic amines) is 1. The Labute approximate surface area is 132 Å². The summed E-state index contributed by atoms with van der Waals surface area (Å²) in [5.74, 6) is 0.223. The number of piperidine rings is 1. The molecule has 1 aromatic rings. The molecule has 0 radical (unpaired) electrons. The highest BCUT2D eigenvalue weighted by atomic mass is 35.5. The number of hydrogen-bond acceptors (Lipinski definition) is 3. The van der Waals surface area contributed by atoms with Crippen molar-refractivity contribution in [1.29, 1.82) is 0 Å². The summed E-state index contributed by atoms with van der Waals surface area (Å²) in [6.45, 7) is 10.7. The molecule has 0 spiro atoms. The lowest BCUT2D eigenvalue weighted by molar-refractivity contribution is -0.129. The lowest BCUT2D eigenvalue weighted by Gasteiger charge is -2.39. The summed E-state index contributed by atoms with van der Waals surface area (Å²) in [4.78, 5) is 15.1. The Hall–Kier alpha value is -0.870. The zero-order valence-corrected chi connectivity index (χ0v) is 14.3. The number of aromatic nitrogens is 2. The maximum atomic E-state index is 12.8. The van der Waals surface area contributed by atoms with Crippen LogP contribution in [0, 0.1) is 6.92 Å². The first-order valence-electron chi connectivity index (χ1n) is 7.88. The standard InChI is InChI=1S/C16H26ClN3O/c1-5-20-13(15(17)12(2)18-20)11-14(21)16(3,4)19-9-7-6-8-10-19/h5-11H2,1-4H3. The SMILES string of the molecule is CCn1nc(C)c(Cl)c1CC(=O)C(C)(C)N1CCCCC1. The molecule has 0 aliphatic carbocycles. The molecule has 0 saturated carbocycles. The molecule has 0 amide bonds. The molecule has 0 N–H and O–H groups in total. The van der Waals surface area contributed by atoms with E-state index in [0.29, 0.717) is 11.4 Å². The van der Waals surface area contributed by atoms with Crippen LogP contribution in [0.5, 0.6) is 0 Å². The topological polar surface area (TPSA) is 38.1 Å². The van der Waals surface area contributed by atoms with Gasteiger partial charge in [-0.25, -0.2) is 0 Å². The normalized spacial score (nSPS) is 17.2. The highest BCUT2D eigenvalue weighted by molar-refractivity contribution is 6.32. The van der Waals surface area contributed by atoms with E-state index in [0.717, 1.165) is 31.0 Å². The Morgan fingerprint density at radius 1 is 1.29 bits per heavy atom. The van der Waals surface area contributed by atoms with Crippen LogP contribution in [-0.2, 0) is 17.8 Å². The van der Waals surface area contributed by atoms with Gasteiger partial charge in [-0.15, -0.1) is 0 Å². The highest BCUT2D eigenvalue weighted by Gasteiger charge is 2.35. The number of hydrogen-bond donors (Lipinski definition) is 0. The van der Waals surface area contributed by atoms with E-state index in [2.05, 4.69) is 10.00 Å². The molecule has 1 aliphatic heterocycles. The van der Waals surface area contributed by atoms with Crippen molar-refractivity contribution in [3.8, 4) is 0 Å². The Balaban J connectivity index is 2.17. The molecular weight excluding hydrogens is 286 g/mol. The van der Waals surface area contributed by atoms with E-state index in [-0.39, 0.29) is 5.78 Å². The summed E-state index contributed by atoms with van der Waals surface area (Å²) < 4.78 is 1.85. The van der Waals surface area contributed by atoms with Gasteiger partial charge in [0.05, 0.1) is 28.4 Å². The monoisotopic (exact) mass is 311 g/mol. The maximum absolute atomic E-state index is 12.8. The first-order valence-corrected chi connectivity index (χ1v) is 8.25. The van der Waals surface area contributed by atoms with Crippen LogP contribution in [0.1, 0.15) is 51.4 Å². The van der Waals surface area contributed by atoms with Crippen LogP contribution in [0.2, 0.25) is 5.02 Å². The van der Waals surface area contributed by atoms with Crippen LogP contribution in [0.15, 0.2) is 0 Å². The molecule has 1 aromatic heterocycles. The predicted octanol–water partition coefficient (Wildman–Crippen LogP) is 3.24. The van der Waals surface area contributed by atoms with E-state index >= 15 is 0 Å². The molecule has 1 saturated heterocycles. The molecule has 0 unspecified atom stereocenters. The zero-order valence-electron chi connectivity index (χ0n) is 13.6. The second kappa shape index (κ2) is 6.49. The van der Waals surface area contributed by atoms with Crippen molar-refractivity contribution in [3.05, 3.63) is 16.4 Å². The summed E-state index contributed by atoms with van der Waals surface area (Å²) >= 11 is 6.32. The van der Waals surface area contributed by atoms with E-state index in [1.165, 1.54) is 19.3 Å². The van der Waals surface area contributed by atoms with E-state index in [1.54, 1.807) is 0 Å². The third-order valence-corrected chi connectivity index (χ3v) is 5.10. The molecule has 0 bridgehead atoms. The number of rotatable bonds is 5. The second-order valence-corrected chi connectivity index (χ2v) is 6.75. The molecule has 4 nitrogen and oxygen atoms in total. The van der Waals surface area contributed by atoms with Gasteiger partial charge in [-0.1, -0.05) is 18.0 Å². The largest absolute Gasteiger partial charge is 0.297 e. The number of ketones is 1. The van der Waals surface area contributed by atoms with E-state index < -0.39 is 5.54 Å². The summed E-state index contributed by atoms with van der Waals surface area (Å²) in [6.07, 6.45) is 4.00. The molecule has 118 valence electrons. The summed E-state index contributed by atoms with van der Waals surface area (Å²) in [5.41, 5.74) is 1.23. The van der Waals surface area contributed by atoms with Gasteiger partial charge < -0.3 is 0 Å². The van der Waals surface area contributed by atoms with Gasteiger partial charge in [0.2, 0.25) is 0 Å². The highest BCUT2D eigenvalue weighted by Crippen LogP contribution is 2.26. The van der Waals surface area contributed by atoms with Crippen molar-refractivity contribution >= 4 is 17.4 Å². The maximum Gasteiger partial charge on any atom is 0.158 e. The minimum atomic E-state index is -0.430. The van der Waals surface area contributed by atoms with Gasteiger partial charge >= 0.3 is 0 Å². The Morgan fingerprint density at radius 3 is 2.48 bits per heavy atom. The fourth-order valence-electron chi connectivity index (χ4n) is 3.04. The van der Waals surface area contributed by atoms with Gasteiger partial charge in [-0.3, -0.25) is 14.4 Å². The smallest absolute Gasteiger partial charge is 0.158 e. The number of aryl methyl sites for hydroxylation is 2. The number of carbonyl (C=O) groups is 1. The van der Waals surface area contributed by atoms with E-state index in [1.807, 2.05) is 32.4 Å². The fraction of sp³-hybridized carbons (Fsp3) is 0.750. The zero-order chi connectivity index (χ0) is 15.6. The molecule has 2 rings (SSSR count). The van der Waals surface area contributed by atoms with Crippen LogP contribution < -0.4 is 0 Å². The van der Waals surface area contributed by atoms with Crippen LogP contribution in [0.25, 0.3) is 0 Å². The minimum absolute atomic E-state index is 0.223. The summed E-state index contributed by atoms with van der Waals surface area (Å²) in [5, 5.41) is 5.03. The Morgan fingerprint density at radius 2 is 1.90 bits per heavy atom. The van der Waals surface area contributed by atoms with Gasteiger partial charge in [0.15, 0.2) is 5.78 Å². The average molecular weight is 312 g/mol. The van der Waals surface area contributed by atoms with Crippen molar-refractivity contribution in [1.82, 2.24) is 14.7 Å². The quantitative estimate of drug-likeness (QED) is 0.838. The molecule has 2 heterocycles. The van der Waals surface area contributed by atoms with Gasteiger partial charge in [0.1, 0.15) is 0 Å². The van der Waals surface area contributed by atoms with E-state index in [9.17, 15) is 4.79 Å². The van der Waals surface area contributed by atoms with Crippen molar-refractivity contribution in [3.63, 3.8) is 0 Å². The van der Waals surface area contributed by atoms with Crippen LogP contribution in [0.4, 0.5) is 0 Å². The molecule has 21 heavy (non-hydrogen) atoms. The number of nitrogens with zero attached hydrogens (tertiary/aromatic N) is 3. The molecule has 0 aromatic carbocycles. The first kappa shape index (κ1) is 16.5.